The molecule has 0 saturated heterocycles. The standard InChI is InChI=1S/C11H12ClN5O2/c1-15-8-7(9(18)16(2)11(15)19)17(10(12)14-8)6-4-3-5-13/h3-4,6H2,1-2H3. The van der Waals surface area contributed by atoms with Gasteiger partial charge in [0.2, 0.25) is 5.28 Å². The number of unbranched alkanes of at least 4 members (excludes halogenated alkanes) is 1. The van der Waals surface area contributed by atoms with Gasteiger partial charge in [0.1, 0.15) is 0 Å². The molecule has 2 heterocycles. The maximum Gasteiger partial charge on any atom is 0.332 e. The molecule has 0 aliphatic heterocycles. The van der Waals surface area contributed by atoms with Crippen LogP contribution in [0.25, 0.3) is 11.2 Å². The summed E-state index contributed by atoms with van der Waals surface area (Å²) < 4.78 is 3.83. The number of nitrogens with zero attached hydrogens (tertiary/aromatic N) is 5. The Hall–Kier alpha value is -2.07. The van der Waals surface area contributed by atoms with Crippen molar-refractivity contribution >= 4 is 22.8 Å². The molecular formula is C11H12ClN5O2. The molecule has 0 aromatic carbocycles. The van der Waals surface area contributed by atoms with E-state index in [9.17, 15) is 9.59 Å². The fraction of sp³-hybridized carbons (Fsp3) is 0.455. The summed E-state index contributed by atoms with van der Waals surface area (Å²) >= 11 is 6.00. The van der Waals surface area contributed by atoms with Gasteiger partial charge in [-0.2, -0.15) is 10.2 Å². The monoisotopic (exact) mass is 281 g/mol. The number of halogens is 1. The molecular weight excluding hydrogens is 270 g/mol. The van der Waals surface area contributed by atoms with Gasteiger partial charge in [-0.1, -0.05) is 0 Å². The summed E-state index contributed by atoms with van der Waals surface area (Å²) in [5, 5.41) is 8.68. The van der Waals surface area contributed by atoms with E-state index >= 15 is 0 Å². The lowest BCUT2D eigenvalue weighted by molar-refractivity contribution is 0.657. The molecule has 0 atom stereocenters. The summed E-state index contributed by atoms with van der Waals surface area (Å²) in [5.74, 6) is 0. The zero-order valence-electron chi connectivity index (χ0n) is 10.6. The van der Waals surface area contributed by atoms with Crippen LogP contribution in [-0.4, -0.2) is 18.7 Å². The van der Waals surface area contributed by atoms with Crippen molar-refractivity contribution in [2.24, 2.45) is 14.1 Å². The van der Waals surface area contributed by atoms with Crippen molar-refractivity contribution in [2.75, 3.05) is 0 Å². The van der Waals surface area contributed by atoms with Gasteiger partial charge in [-0.25, -0.2) is 4.79 Å². The molecule has 2 aromatic heterocycles. The summed E-state index contributed by atoms with van der Waals surface area (Å²) in [6.07, 6.45) is 0.926. The average molecular weight is 282 g/mol. The van der Waals surface area contributed by atoms with Crippen LogP contribution in [0.5, 0.6) is 0 Å². The Kier molecular flexibility index (Phi) is 3.44. The quantitative estimate of drug-likeness (QED) is 0.602. The van der Waals surface area contributed by atoms with Gasteiger partial charge >= 0.3 is 5.69 Å². The number of rotatable bonds is 3. The third-order valence-electron chi connectivity index (χ3n) is 2.97. The Morgan fingerprint density at radius 2 is 2.00 bits per heavy atom. The molecule has 0 aliphatic rings. The minimum Gasteiger partial charge on any atom is -0.309 e. The van der Waals surface area contributed by atoms with Crippen molar-refractivity contribution in [1.29, 1.82) is 5.26 Å². The molecule has 0 unspecified atom stereocenters. The lowest BCUT2D eigenvalue weighted by Gasteiger charge is -2.06. The van der Waals surface area contributed by atoms with Crippen LogP contribution >= 0.6 is 11.6 Å². The Bertz CT molecular complexity index is 792. The van der Waals surface area contributed by atoms with E-state index in [1.807, 2.05) is 6.07 Å². The van der Waals surface area contributed by atoms with Crippen LogP contribution in [0.1, 0.15) is 12.8 Å². The fourth-order valence-corrected chi connectivity index (χ4v) is 2.19. The minimum absolute atomic E-state index is 0.145. The van der Waals surface area contributed by atoms with Crippen LogP contribution in [0.3, 0.4) is 0 Å². The maximum absolute atomic E-state index is 12.1. The second-order valence-electron chi connectivity index (χ2n) is 4.17. The zero-order chi connectivity index (χ0) is 14.2. The van der Waals surface area contributed by atoms with Gasteiger partial charge in [0.25, 0.3) is 5.56 Å². The Labute approximate surface area is 113 Å². The van der Waals surface area contributed by atoms with Gasteiger partial charge in [-0.05, 0) is 18.0 Å². The van der Waals surface area contributed by atoms with Crippen molar-refractivity contribution in [3.8, 4) is 6.07 Å². The molecule has 0 saturated carbocycles. The van der Waals surface area contributed by atoms with Crippen LogP contribution in [0.15, 0.2) is 9.59 Å². The topological polar surface area (TPSA) is 85.6 Å². The van der Waals surface area contributed by atoms with Crippen molar-refractivity contribution in [2.45, 2.75) is 19.4 Å². The number of hydrogen-bond acceptors (Lipinski definition) is 4. The van der Waals surface area contributed by atoms with E-state index in [0.717, 1.165) is 4.57 Å². The first-order chi connectivity index (χ1) is 8.99. The molecule has 0 fully saturated rings. The number of fused-ring (bicyclic) bond motifs is 1. The number of aromatic nitrogens is 4. The lowest BCUT2D eigenvalue weighted by Crippen LogP contribution is -2.37. The first kappa shape index (κ1) is 13.4. The molecule has 19 heavy (non-hydrogen) atoms. The molecule has 0 N–H and O–H groups in total. The highest BCUT2D eigenvalue weighted by Crippen LogP contribution is 2.16. The first-order valence-corrected chi connectivity index (χ1v) is 6.05. The van der Waals surface area contributed by atoms with Gasteiger partial charge in [-0.15, -0.1) is 0 Å². The van der Waals surface area contributed by atoms with E-state index in [2.05, 4.69) is 4.98 Å². The highest BCUT2D eigenvalue weighted by molar-refractivity contribution is 6.29. The molecule has 7 nitrogen and oxygen atoms in total. The lowest BCUT2D eigenvalue weighted by atomic mass is 10.3. The maximum atomic E-state index is 12.1. The number of hydrogen-bond donors (Lipinski definition) is 0. The molecule has 0 aliphatic carbocycles. The second-order valence-corrected chi connectivity index (χ2v) is 4.51. The van der Waals surface area contributed by atoms with Crippen molar-refractivity contribution < 1.29 is 0 Å². The molecule has 8 heteroatoms. The van der Waals surface area contributed by atoms with Crippen LogP contribution < -0.4 is 11.2 Å². The van der Waals surface area contributed by atoms with E-state index in [0.29, 0.717) is 19.4 Å². The van der Waals surface area contributed by atoms with Crippen molar-refractivity contribution in [3.05, 3.63) is 26.1 Å². The van der Waals surface area contributed by atoms with Gasteiger partial charge in [0, 0.05) is 27.1 Å². The largest absolute Gasteiger partial charge is 0.332 e. The zero-order valence-corrected chi connectivity index (χ0v) is 11.3. The average Bonchev–Trinajstić information content (AvgIpc) is 2.72. The normalized spacial score (nSPS) is 10.8. The predicted molar refractivity (Wildman–Crippen MR) is 70.1 cm³/mol. The Balaban J connectivity index is 2.73. The molecule has 0 amide bonds. The molecule has 100 valence electrons. The SMILES string of the molecule is Cn1c(=O)c2c(nc(Cl)n2CCCC#N)n(C)c1=O. The molecule has 2 aromatic rings. The second kappa shape index (κ2) is 4.90. The van der Waals surface area contributed by atoms with Crippen LogP contribution in [0, 0.1) is 11.3 Å². The number of aryl methyl sites for hydroxylation is 2. The highest BCUT2D eigenvalue weighted by atomic mass is 35.5. The van der Waals surface area contributed by atoms with E-state index in [4.69, 9.17) is 16.9 Å². The van der Waals surface area contributed by atoms with Crippen molar-refractivity contribution in [1.82, 2.24) is 18.7 Å². The van der Waals surface area contributed by atoms with Gasteiger partial charge < -0.3 is 4.57 Å². The molecule has 2 rings (SSSR count). The molecule has 0 radical (unpaired) electrons. The summed E-state index contributed by atoms with van der Waals surface area (Å²) in [5.41, 5.74) is -0.340. The molecule has 0 bridgehead atoms. The number of imidazole rings is 1. The Morgan fingerprint density at radius 3 is 2.63 bits per heavy atom. The predicted octanol–water partition coefficient (Wildman–Crippen LogP) is 0.391. The third-order valence-corrected chi connectivity index (χ3v) is 3.26. The summed E-state index contributed by atoms with van der Waals surface area (Å²) in [6, 6.07) is 2.03. The summed E-state index contributed by atoms with van der Waals surface area (Å²) in [6.45, 7) is 0.413. The van der Waals surface area contributed by atoms with E-state index in [-0.39, 0.29) is 16.4 Å². The van der Waals surface area contributed by atoms with E-state index in [1.54, 1.807) is 0 Å². The highest BCUT2D eigenvalue weighted by Gasteiger charge is 2.17. The van der Waals surface area contributed by atoms with Crippen molar-refractivity contribution in [3.63, 3.8) is 0 Å². The fourth-order valence-electron chi connectivity index (χ4n) is 1.94. The summed E-state index contributed by atoms with van der Waals surface area (Å²) in [4.78, 5) is 28.0. The van der Waals surface area contributed by atoms with Crippen LogP contribution in [0.2, 0.25) is 5.28 Å². The van der Waals surface area contributed by atoms with Crippen LogP contribution in [-0.2, 0) is 20.6 Å². The van der Waals surface area contributed by atoms with E-state index in [1.165, 1.54) is 23.2 Å². The minimum atomic E-state index is -0.448. The number of nitriles is 1. The van der Waals surface area contributed by atoms with Gasteiger partial charge in [-0.3, -0.25) is 13.9 Å². The smallest absolute Gasteiger partial charge is 0.309 e. The van der Waals surface area contributed by atoms with Gasteiger partial charge in [0.15, 0.2) is 11.2 Å². The third kappa shape index (κ3) is 2.04. The van der Waals surface area contributed by atoms with Crippen LogP contribution in [0.4, 0.5) is 0 Å². The van der Waals surface area contributed by atoms with Gasteiger partial charge in [0.05, 0.1) is 6.07 Å². The first-order valence-electron chi connectivity index (χ1n) is 5.67. The van der Waals surface area contributed by atoms with E-state index < -0.39 is 11.2 Å². The molecule has 0 spiro atoms. The summed E-state index contributed by atoms with van der Waals surface area (Å²) in [7, 11) is 2.94. The Morgan fingerprint density at radius 1 is 1.32 bits per heavy atom.